The van der Waals surface area contributed by atoms with Crippen molar-refractivity contribution in [2.75, 3.05) is 46.2 Å². The summed E-state index contributed by atoms with van der Waals surface area (Å²) in [7, 11) is 0. The fraction of sp³-hybridized carbons (Fsp3) is 0.923. The van der Waals surface area contributed by atoms with Crippen LogP contribution in [-0.4, -0.2) is 57.8 Å². The third kappa shape index (κ3) is 12.1. The minimum atomic E-state index is -0.612. The second-order valence-electron chi connectivity index (χ2n) is 4.61. The first-order chi connectivity index (χ1) is 9.02. The van der Waals surface area contributed by atoms with Gasteiger partial charge in [0, 0.05) is 13.2 Å². The Hall–Kier alpha value is -0.690. The molecule has 0 aliphatic heterocycles. The molecule has 0 bridgehead atoms. The molecule has 114 valence electrons. The van der Waals surface area contributed by atoms with Gasteiger partial charge < -0.3 is 24.7 Å². The number of nitrogens with two attached hydrogens (primary N) is 1. The van der Waals surface area contributed by atoms with Gasteiger partial charge in [0.25, 0.3) is 0 Å². The predicted molar refractivity (Wildman–Crippen MR) is 72.0 cm³/mol. The van der Waals surface area contributed by atoms with E-state index >= 15 is 0 Å². The SMILES string of the molecule is CCOCCOCCOCCC(=O)OC(C)(C)CN. The quantitative estimate of drug-likeness (QED) is 0.418. The molecule has 0 aromatic carbocycles. The third-order valence-electron chi connectivity index (χ3n) is 2.28. The average molecular weight is 277 g/mol. The van der Waals surface area contributed by atoms with Crippen molar-refractivity contribution >= 4 is 5.97 Å². The third-order valence-corrected chi connectivity index (χ3v) is 2.28. The molecule has 19 heavy (non-hydrogen) atoms. The summed E-state index contributed by atoms with van der Waals surface area (Å²) in [4.78, 5) is 11.4. The van der Waals surface area contributed by atoms with E-state index < -0.39 is 5.60 Å². The van der Waals surface area contributed by atoms with Gasteiger partial charge in [0.05, 0.1) is 39.5 Å². The minimum Gasteiger partial charge on any atom is -0.458 e. The van der Waals surface area contributed by atoms with Crippen LogP contribution < -0.4 is 5.73 Å². The summed E-state index contributed by atoms with van der Waals surface area (Å²) in [6, 6.07) is 0. The molecule has 2 N–H and O–H groups in total. The van der Waals surface area contributed by atoms with E-state index in [0.717, 1.165) is 0 Å². The lowest BCUT2D eigenvalue weighted by Crippen LogP contribution is -2.36. The lowest BCUT2D eigenvalue weighted by Gasteiger charge is -2.22. The maximum Gasteiger partial charge on any atom is 0.308 e. The molecule has 0 aliphatic carbocycles. The van der Waals surface area contributed by atoms with Crippen LogP contribution in [0.15, 0.2) is 0 Å². The van der Waals surface area contributed by atoms with Gasteiger partial charge in [0.1, 0.15) is 5.60 Å². The molecule has 0 saturated heterocycles. The number of ether oxygens (including phenoxy) is 4. The van der Waals surface area contributed by atoms with Crippen LogP contribution in [0, 0.1) is 0 Å². The first-order valence-electron chi connectivity index (χ1n) is 6.67. The van der Waals surface area contributed by atoms with Crippen LogP contribution in [0.5, 0.6) is 0 Å². The Labute approximate surface area is 115 Å². The Bertz CT molecular complexity index is 233. The second kappa shape index (κ2) is 11.2. The van der Waals surface area contributed by atoms with Crippen molar-refractivity contribution in [3.63, 3.8) is 0 Å². The first-order valence-corrected chi connectivity index (χ1v) is 6.67. The Kier molecular flexibility index (Phi) is 10.8. The maximum absolute atomic E-state index is 11.4. The highest BCUT2D eigenvalue weighted by molar-refractivity contribution is 5.69. The molecule has 6 nitrogen and oxygen atoms in total. The van der Waals surface area contributed by atoms with E-state index in [4.69, 9.17) is 24.7 Å². The number of rotatable bonds is 12. The van der Waals surface area contributed by atoms with Crippen molar-refractivity contribution < 1.29 is 23.7 Å². The van der Waals surface area contributed by atoms with Gasteiger partial charge in [-0.15, -0.1) is 0 Å². The largest absolute Gasteiger partial charge is 0.458 e. The van der Waals surface area contributed by atoms with Gasteiger partial charge in [-0.3, -0.25) is 4.79 Å². The fourth-order valence-electron chi connectivity index (χ4n) is 1.14. The lowest BCUT2D eigenvalue weighted by atomic mass is 10.1. The fourth-order valence-corrected chi connectivity index (χ4v) is 1.14. The summed E-state index contributed by atoms with van der Waals surface area (Å²) < 4.78 is 20.8. The highest BCUT2D eigenvalue weighted by atomic mass is 16.6. The van der Waals surface area contributed by atoms with Gasteiger partial charge in [0.2, 0.25) is 0 Å². The second-order valence-corrected chi connectivity index (χ2v) is 4.61. The zero-order chi connectivity index (χ0) is 14.6. The van der Waals surface area contributed by atoms with Crippen LogP contribution in [0.4, 0.5) is 0 Å². The van der Waals surface area contributed by atoms with Crippen LogP contribution in [-0.2, 0) is 23.7 Å². The molecule has 0 heterocycles. The summed E-state index contributed by atoms with van der Waals surface area (Å²) in [5.74, 6) is -0.298. The van der Waals surface area contributed by atoms with Crippen molar-refractivity contribution in [1.82, 2.24) is 0 Å². The van der Waals surface area contributed by atoms with Gasteiger partial charge in [-0.1, -0.05) is 0 Å². The summed E-state index contributed by atoms with van der Waals surface area (Å²) in [5.41, 5.74) is 4.85. The molecule has 6 heteroatoms. The Morgan fingerprint density at radius 1 is 1.00 bits per heavy atom. The topological polar surface area (TPSA) is 80.0 Å². The summed E-state index contributed by atoms with van der Waals surface area (Å²) >= 11 is 0. The predicted octanol–water partition coefficient (Wildman–Crippen LogP) is 0.727. The Morgan fingerprint density at radius 3 is 2.05 bits per heavy atom. The van der Waals surface area contributed by atoms with Crippen LogP contribution in [0.3, 0.4) is 0 Å². The Morgan fingerprint density at radius 2 is 1.53 bits per heavy atom. The highest BCUT2D eigenvalue weighted by Gasteiger charge is 2.20. The van der Waals surface area contributed by atoms with E-state index in [-0.39, 0.29) is 12.4 Å². The molecular formula is C13H27NO5. The lowest BCUT2D eigenvalue weighted by molar-refractivity contribution is -0.156. The molecule has 0 aromatic rings. The maximum atomic E-state index is 11.4. The first kappa shape index (κ1) is 18.3. The van der Waals surface area contributed by atoms with Crippen LogP contribution >= 0.6 is 0 Å². The van der Waals surface area contributed by atoms with Crippen molar-refractivity contribution in [3.8, 4) is 0 Å². The molecular weight excluding hydrogens is 250 g/mol. The number of carbonyl (C=O) groups is 1. The summed E-state index contributed by atoms with van der Waals surface area (Å²) in [5, 5.41) is 0. The molecule has 0 aromatic heterocycles. The summed E-state index contributed by atoms with van der Waals surface area (Å²) in [6.07, 6.45) is 0.225. The zero-order valence-corrected chi connectivity index (χ0v) is 12.3. The monoisotopic (exact) mass is 277 g/mol. The van der Waals surface area contributed by atoms with Crippen molar-refractivity contribution in [3.05, 3.63) is 0 Å². The molecule has 0 amide bonds. The standard InChI is InChI=1S/C13H27NO5/c1-4-16-7-8-18-10-9-17-6-5-12(15)19-13(2,3)11-14/h4-11,14H2,1-3H3. The van der Waals surface area contributed by atoms with Crippen LogP contribution in [0.25, 0.3) is 0 Å². The highest BCUT2D eigenvalue weighted by Crippen LogP contribution is 2.07. The van der Waals surface area contributed by atoms with E-state index in [2.05, 4.69) is 0 Å². The van der Waals surface area contributed by atoms with E-state index in [1.165, 1.54) is 0 Å². The molecule has 0 radical (unpaired) electrons. The molecule has 0 fully saturated rings. The van der Waals surface area contributed by atoms with Crippen molar-refractivity contribution in [2.45, 2.75) is 32.8 Å². The Balaban J connectivity index is 3.32. The smallest absolute Gasteiger partial charge is 0.308 e. The van der Waals surface area contributed by atoms with Gasteiger partial charge >= 0.3 is 5.97 Å². The van der Waals surface area contributed by atoms with Gasteiger partial charge in [-0.25, -0.2) is 0 Å². The van der Waals surface area contributed by atoms with E-state index in [1.54, 1.807) is 13.8 Å². The number of hydrogen-bond donors (Lipinski definition) is 1. The van der Waals surface area contributed by atoms with Crippen molar-refractivity contribution in [1.29, 1.82) is 0 Å². The van der Waals surface area contributed by atoms with E-state index in [9.17, 15) is 4.79 Å². The summed E-state index contributed by atoms with van der Waals surface area (Å²) in [6.45, 7) is 8.92. The van der Waals surface area contributed by atoms with Crippen LogP contribution in [0.2, 0.25) is 0 Å². The van der Waals surface area contributed by atoms with Crippen molar-refractivity contribution in [2.24, 2.45) is 5.73 Å². The molecule has 0 rings (SSSR count). The number of carbonyl (C=O) groups excluding carboxylic acids is 1. The number of esters is 1. The molecule has 0 spiro atoms. The molecule has 0 saturated carbocycles. The van der Waals surface area contributed by atoms with Gasteiger partial charge in [-0.05, 0) is 20.8 Å². The minimum absolute atomic E-state index is 0.225. The van der Waals surface area contributed by atoms with E-state index in [0.29, 0.717) is 46.2 Å². The number of hydrogen-bond acceptors (Lipinski definition) is 6. The molecule has 0 unspecified atom stereocenters. The van der Waals surface area contributed by atoms with Crippen LogP contribution in [0.1, 0.15) is 27.2 Å². The van der Waals surface area contributed by atoms with Gasteiger partial charge in [-0.2, -0.15) is 0 Å². The zero-order valence-electron chi connectivity index (χ0n) is 12.3. The average Bonchev–Trinajstić information content (AvgIpc) is 2.36. The molecule has 0 atom stereocenters. The molecule has 0 aliphatic rings. The van der Waals surface area contributed by atoms with E-state index in [1.807, 2.05) is 6.92 Å². The van der Waals surface area contributed by atoms with Gasteiger partial charge in [0.15, 0.2) is 0 Å². The normalized spacial score (nSPS) is 11.6.